The van der Waals surface area contributed by atoms with Crippen LogP contribution < -0.4 is 27.8 Å². The molecule has 0 unspecified atom stereocenters. The number of halogens is 1. The molecule has 0 bridgehead atoms. The van der Waals surface area contributed by atoms with Crippen molar-refractivity contribution in [2.45, 2.75) is 52.7 Å². The Hall–Kier alpha value is -1.26. The van der Waals surface area contributed by atoms with Crippen molar-refractivity contribution in [3.63, 3.8) is 0 Å². The maximum absolute atomic E-state index is 11.6. The highest BCUT2D eigenvalue weighted by molar-refractivity contribution is 5.78. The molecule has 0 aromatic heterocycles. The molecule has 5 heteroatoms. The van der Waals surface area contributed by atoms with Gasteiger partial charge in [0.15, 0.2) is 6.61 Å². The highest BCUT2D eigenvalue weighted by atomic mass is 35.5. The van der Waals surface area contributed by atoms with Crippen LogP contribution in [0.2, 0.25) is 0 Å². The standard InChI is InChI=1S/C16H26N2O2.ClH/c1-12(2)17-10-13-6-8-14(9-7-13)20-11-15(19)18-16(3,4)5;/h6-9,12,17H,10-11H2,1-5H3,(H,18,19);1H/p-1. The van der Waals surface area contributed by atoms with Gasteiger partial charge in [0.25, 0.3) is 5.91 Å². The summed E-state index contributed by atoms with van der Waals surface area (Å²) < 4.78 is 5.46. The van der Waals surface area contributed by atoms with E-state index in [2.05, 4.69) is 24.5 Å². The van der Waals surface area contributed by atoms with E-state index in [1.165, 1.54) is 5.56 Å². The van der Waals surface area contributed by atoms with E-state index >= 15 is 0 Å². The van der Waals surface area contributed by atoms with Crippen molar-refractivity contribution in [2.75, 3.05) is 6.61 Å². The van der Waals surface area contributed by atoms with E-state index in [9.17, 15) is 4.79 Å². The van der Waals surface area contributed by atoms with Crippen LogP contribution >= 0.6 is 0 Å². The number of carbonyl (C=O) groups is 1. The number of rotatable bonds is 6. The van der Waals surface area contributed by atoms with Gasteiger partial charge in [0.05, 0.1) is 0 Å². The van der Waals surface area contributed by atoms with Crippen molar-refractivity contribution in [1.82, 2.24) is 10.6 Å². The summed E-state index contributed by atoms with van der Waals surface area (Å²) in [6.07, 6.45) is 0. The summed E-state index contributed by atoms with van der Waals surface area (Å²) in [4.78, 5) is 11.6. The lowest BCUT2D eigenvalue weighted by Crippen LogP contribution is -3.00. The van der Waals surface area contributed by atoms with Gasteiger partial charge in [0, 0.05) is 18.1 Å². The number of amides is 1. The molecule has 0 saturated heterocycles. The van der Waals surface area contributed by atoms with Crippen LogP contribution in [-0.4, -0.2) is 24.1 Å². The van der Waals surface area contributed by atoms with Crippen LogP contribution in [0.4, 0.5) is 0 Å². The van der Waals surface area contributed by atoms with E-state index in [0.717, 1.165) is 6.54 Å². The van der Waals surface area contributed by atoms with Gasteiger partial charge in [-0.15, -0.1) is 0 Å². The molecule has 0 radical (unpaired) electrons. The molecule has 0 spiro atoms. The van der Waals surface area contributed by atoms with Crippen molar-refractivity contribution in [2.24, 2.45) is 0 Å². The second-order valence-corrected chi connectivity index (χ2v) is 6.27. The van der Waals surface area contributed by atoms with Gasteiger partial charge < -0.3 is 27.8 Å². The molecule has 2 N–H and O–H groups in total. The lowest BCUT2D eigenvalue weighted by molar-refractivity contribution is -0.124. The molecule has 1 amide bonds. The lowest BCUT2D eigenvalue weighted by Gasteiger charge is -2.20. The van der Waals surface area contributed by atoms with Crippen LogP contribution in [0.1, 0.15) is 40.2 Å². The Balaban J connectivity index is 0.00000400. The second-order valence-electron chi connectivity index (χ2n) is 6.27. The van der Waals surface area contributed by atoms with Crippen molar-refractivity contribution in [3.05, 3.63) is 29.8 Å². The van der Waals surface area contributed by atoms with Crippen molar-refractivity contribution in [1.29, 1.82) is 0 Å². The molecular weight excluding hydrogens is 288 g/mol. The number of ether oxygens (including phenoxy) is 1. The fraction of sp³-hybridized carbons (Fsp3) is 0.562. The van der Waals surface area contributed by atoms with Gasteiger partial charge in [0.1, 0.15) is 5.75 Å². The largest absolute Gasteiger partial charge is 1.00 e. The SMILES string of the molecule is CC(C)NCc1ccc(OCC(=O)NC(C)(C)C)cc1.[Cl-]. The first kappa shape index (κ1) is 19.7. The van der Waals surface area contributed by atoms with Gasteiger partial charge in [-0.25, -0.2) is 0 Å². The zero-order valence-electron chi connectivity index (χ0n) is 13.5. The Labute approximate surface area is 134 Å². The molecule has 0 saturated carbocycles. The molecule has 1 aromatic carbocycles. The van der Waals surface area contributed by atoms with Gasteiger partial charge in [-0.3, -0.25) is 4.79 Å². The third-order valence-electron chi connectivity index (χ3n) is 2.52. The van der Waals surface area contributed by atoms with Crippen molar-refractivity contribution in [3.8, 4) is 5.75 Å². The molecule has 0 aliphatic heterocycles. The first-order chi connectivity index (χ1) is 9.26. The predicted octanol–water partition coefficient (Wildman–Crippen LogP) is -0.518. The Morgan fingerprint density at radius 3 is 2.24 bits per heavy atom. The van der Waals surface area contributed by atoms with Crippen LogP contribution in [0.15, 0.2) is 24.3 Å². The molecule has 0 aliphatic rings. The normalized spacial score (nSPS) is 11.0. The molecule has 21 heavy (non-hydrogen) atoms. The van der Waals surface area contributed by atoms with Gasteiger partial charge in [0.2, 0.25) is 0 Å². The maximum Gasteiger partial charge on any atom is 0.258 e. The van der Waals surface area contributed by atoms with Crippen LogP contribution in [0, 0.1) is 0 Å². The summed E-state index contributed by atoms with van der Waals surface area (Å²) in [5, 5.41) is 6.21. The minimum Gasteiger partial charge on any atom is -1.00 e. The average molecular weight is 314 g/mol. The summed E-state index contributed by atoms with van der Waals surface area (Å²) in [6.45, 7) is 10.9. The summed E-state index contributed by atoms with van der Waals surface area (Å²) in [6, 6.07) is 8.26. The fourth-order valence-electron chi connectivity index (χ4n) is 1.63. The molecular formula is C16H26ClN2O2-. The smallest absolute Gasteiger partial charge is 0.258 e. The number of hydrogen-bond acceptors (Lipinski definition) is 3. The van der Waals surface area contributed by atoms with Crippen LogP contribution in [0.25, 0.3) is 0 Å². The molecule has 0 atom stereocenters. The monoisotopic (exact) mass is 313 g/mol. The summed E-state index contributed by atoms with van der Waals surface area (Å²) in [5.41, 5.74) is 0.970. The molecule has 0 aliphatic carbocycles. The first-order valence-electron chi connectivity index (χ1n) is 7.02. The van der Waals surface area contributed by atoms with E-state index in [1.807, 2.05) is 45.0 Å². The van der Waals surface area contributed by atoms with E-state index < -0.39 is 0 Å². The van der Waals surface area contributed by atoms with Gasteiger partial charge in [-0.1, -0.05) is 26.0 Å². The van der Waals surface area contributed by atoms with Gasteiger partial charge in [-0.2, -0.15) is 0 Å². The number of benzene rings is 1. The summed E-state index contributed by atoms with van der Waals surface area (Å²) in [7, 11) is 0. The Kier molecular flexibility index (Phi) is 8.37. The van der Waals surface area contributed by atoms with E-state index in [0.29, 0.717) is 11.8 Å². The van der Waals surface area contributed by atoms with Crippen molar-refractivity contribution < 1.29 is 21.9 Å². The second kappa shape index (κ2) is 8.90. The molecule has 4 nitrogen and oxygen atoms in total. The number of nitrogens with one attached hydrogen (secondary N) is 2. The Morgan fingerprint density at radius 1 is 1.19 bits per heavy atom. The number of carbonyl (C=O) groups excluding carboxylic acids is 1. The predicted molar refractivity (Wildman–Crippen MR) is 81.8 cm³/mol. The topological polar surface area (TPSA) is 50.4 Å². The van der Waals surface area contributed by atoms with Crippen LogP contribution in [0.3, 0.4) is 0 Å². The van der Waals surface area contributed by atoms with E-state index in [-0.39, 0.29) is 30.5 Å². The van der Waals surface area contributed by atoms with E-state index in [1.54, 1.807) is 0 Å². The molecule has 1 rings (SSSR count). The average Bonchev–Trinajstić information content (AvgIpc) is 2.33. The fourth-order valence-corrected chi connectivity index (χ4v) is 1.63. The maximum atomic E-state index is 11.6. The van der Waals surface area contributed by atoms with Crippen LogP contribution in [-0.2, 0) is 11.3 Å². The molecule has 0 heterocycles. The van der Waals surface area contributed by atoms with Crippen LogP contribution in [0.5, 0.6) is 5.75 Å². The minimum atomic E-state index is -0.229. The molecule has 120 valence electrons. The summed E-state index contributed by atoms with van der Waals surface area (Å²) >= 11 is 0. The Morgan fingerprint density at radius 2 is 1.76 bits per heavy atom. The first-order valence-corrected chi connectivity index (χ1v) is 7.02. The van der Waals surface area contributed by atoms with E-state index in [4.69, 9.17) is 4.74 Å². The van der Waals surface area contributed by atoms with Gasteiger partial charge >= 0.3 is 0 Å². The zero-order chi connectivity index (χ0) is 15.2. The molecule has 1 aromatic rings. The third kappa shape index (κ3) is 9.32. The lowest BCUT2D eigenvalue weighted by atomic mass is 10.1. The van der Waals surface area contributed by atoms with Gasteiger partial charge in [-0.05, 0) is 38.5 Å². The Bertz CT molecular complexity index is 425. The minimum absolute atomic E-state index is 0. The zero-order valence-corrected chi connectivity index (χ0v) is 14.3. The van der Waals surface area contributed by atoms with Crippen molar-refractivity contribution >= 4 is 5.91 Å². The highest BCUT2D eigenvalue weighted by Gasteiger charge is 2.13. The quantitative estimate of drug-likeness (QED) is 0.743. The molecule has 0 fully saturated rings. The number of hydrogen-bond donors (Lipinski definition) is 2. The third-order valence-corrected chi connectivity index (χ3v) is 2.52. The highest BCUT2D eigenvalue weighted by Crippen LogP contribution is 2.12. The summed E-state index contributed by atoms with van der Waals surface area (Å²) in [5.74, 6) is 0.602.